The van der Waals surface area contributed by atoms with Gasteiger partial charge in [0.25, 0.3) is 0 Å². The first kappa shape index (κ1) is 7.69. The average Bonchev–Trinajstić information content (AvgIpc) is 2.51. The van der Waals surface area contributed by atoms with Gasteiger partial charge in [-0.05, 0) is 11.6 Å². The number of nitrogen functional groups attached to an aromatic ring is 1. The van der Waals surface area contributed by atoms with Gasteiger partial charge in [-0.15, -0.1) is 0 Å². The third-order valence-corrected chi connectivity index (χ3v) is 2.10. The molecule has 0 saturated heterocycles. The first-order valence-corrected chi connectivity index (χ1v) is 4.04. The second-order valence-electron chi connectivity index (χ2n) is 2.92. The number of para-hydroxylation sites is 1. The van der Waals surface area contributed by atoms with Crippen LogP contribution >= 0.6 is 0 Å². The lowest BCUT2D eigenvalue weighted by Crippen LogP contribution is -1.85. The van der Waals surface area contributed by atoms with Gasteiger partial charge < -0.3 is 10.7 Å². The molecule has 0 unspecified atom stereocenters. The van der Waals surface area contributed by atoms with E-state index in [4.69, 9.17) is 11.0 Å². The smallest absolute Gasteiger partial charge is 0.0690 e. The molecule has 0 aliphatic heterocycles. The number of nitrogens with zero attached hydrogens (tertiary/aromatic N) is 1. The number of nitriles is 1. The molecule has 0 bridgehead atoms. The van der Waals surface area contributed by atoms with Crippen LogP contribution < -0.4 is 5.73 Å². The van der Waals surface area contributed by atoms with E-state index >= 15 is 0 Å². The molecule has 3 nitrogen and oxygen atoms in total. The molecule has 0 atom stereocenters. The van der Waals surface area contributed by atoms with Crippen molar-refractivity contribution in [1.82, 2.24) is 4.98 Å². The Balaban J connectivity index is 2.70. The van der Waals surface area contributed by atoms with Gasteiger partial charge in [0.15, 0.2) is 0 Å². The minimum Gasteiger partial charge on any atom is -0.397 e. The number of rotatable bonds is 1. The highest BCUT2D eigenvalue weighted by molar-refractivity contribution is 5.92. The number of hydrogen-bond acceptors (Lipinski definition) is 2. The number of fused-ring (bicyclic) bond motifs is 1. The number of H-pyrrole nitrogens is 1. The normalized spacial score (nSPS) is 10.1. The van der Waals surface area contributed by atoms with Crippen LogP contribution in [0.5, 0.6) is 0 Å². The Morgan fingerprint density at radius 3 is 3.08 bits per heavy atom. The molecule has 0 aliphatic carbocycles. The van der Waals surface area contributed by atoms with E-state index in [0.29, 0.717) is 6.42 Å². The van der Waals surface area contributed by atoms with Crippen molar-refractivity contribution in [2.45, 2.75) is 6.42 Å². The summed E-state index contributed by atoms with van der Waals surface area (Å²) in [5, 5.41) is 9.61. The maximum Gasteiger partial charge on any atom is 0.0690 e. The van der Waals surface area contributed by atoms with E-state index in [1.165, 1.54) is 0 Å². The monoisotopic (exact) mass is 171 g/mol. The fraction of sp³-hybridized carbons (Fsp3) is 0.100. The van der Waals surface area contributed by atoms with Crippen molar-refractivity contribution in [3.8, 4) is 6.07 Å². The Kier molecular flexibility index (Phi) is 1.67. The standard InChI is InChI=1S/C10H9N3/c11-5-4-7-6-13-10-8(7)2-1-3-9(10)12/h1-3,6,13H,4,12H2. The van der Waals surface area contributed by atoms with Crippen LogP contribution in [-0.4, -0.2) is 4.98 Å². The van der Waals surface area contributed by atoms with Crippen LogP contribution in [0.1, 0.15) is 5.56 Å². The lowest BCUT2D eigenvalue weighted by atomic mass is 10.1. The van der Waals surface area contributed by atoms with Crippen molar-refractivity contribution in [3.63, 3.8) is 0 Å². The molecule has 0 aliphatic rings. The lowest BCUT2D eigenvalue weighted by Gasteiger charge is -1.95. The molecule has 0 amide bonds. The second-order valence-corrected chi connectivity index (χ2v) is 2.92. The van der Waals surface area contributed by atoms with Crippen molar-refractivity contribution < 1.29 is 0 Å². The molecule has 13 heavy (non-hydrogen) atoms. The molecule has 1 aromatic carbocycles. The molecule has 1 aromatic heterocycles. The average molecular weight is 171 g/mol. The summed E-state index contributed by atoms with van der Waals surface area (Å²) in [4.78, 5) is 3.07. The number of benzene rings is 1. The van der Waals surface area contributed by atoms with Crippen molar-refractivity contribution in [1.29, 1.82) is 5.26 Å². The predicted octanol–water partition coefficient (Wildman–Crippen LogP) is 1.82. The number of anilines is 1. The third-order valence-electron chi connectivity index (χ3n) is 2.10. The molecule has 0 saturated carbocycles. The van der Waals surface area contributed by atoms with Crippen molar-refractivity contribution in [2.24, 2.45) is 0 Å². The predicted molar refractivity (Wildman–Crippen MR) is 52.0 cm³/mol. The Morgan fingerprint density at radius 1 is 1.46 bits per heavy atom. The zero-order valence-electron chi connectivity index (χ0n) is 7.04. The molecule has 3 N–H and O–H groups in total. The number of nitrogens with one attached hydrogen (secondary N) is 1. The van der Waals surface area contributed by atoms with E-state index in [-0.39, 0.29) is 0 Å². The van der Waals surface area contributed by atoms with Crippen LogP contribution in [-0.2, 0) is 6.42 Å². The van der Waals surface area contributed by atoms with Gasteiger partial charge in [-0.3, -0.25) is 0 Å². The van der Waals surface area contributed by atoms with Gasteiger partial charge in [0.2, 0.25) is 0 Å². The summed E-state index contributed by atoms with van der Waals surface area (Å²) in [6.07, 6.45) is 2.26. The lowest BCUT2D eigenvalue weighted by molar-refractivity contribution is 1.28. The topological polar surface area (TPSA) is 65.6 Å². The summed E-state index contributed by atoms with van der Waals surface area (Å²) >= 11 is 0. The summed E-state index contributed by atoms with van der Waals surface area (Å²) in [5.74, 6) is 0. The van der Waals surface area contributed by atoms with E-state index in [0.717, 1.165) is 22.2 Å². The quantitative estimate of drug-likeness (QED) is 0.642. The molecular weight excluding hydrogens is 162 g/mol. The molecule has 0 spiro atoms. The van der Waals surface area contributed by atoms with Gasteiger partial charge in [0, 0.05) is 11.6 Å². The van der Waals surface area contributed by atoms with E-state index in [2.05, 4.69) is 11.1 Å². The molecule has 2 aromatic rings. The van der Waals surface area contributed by atoms with E-state index in [1.807, 2.05) is 24.4 Å². The molecule has 0 radical (unpaired) electrons. The zero-order valence-corrected chi connectivity index (χ0v) is 7.04. The van der Waals surface area contributed by atoms with Gasteiger partial charge in [0.1, 0.15) is 0 Å². The van der Waals surface area contributed by atoms with Crippen molar-refractivity contribution in [3.05, 3.63) is 30.0 Å². The van der Waals surface area contributed by atoms with Gasteiger partial charge in [0.05, 0.1) is 23.7 Å². The summed E-state index contributed by atoms with van der Waals surface area (Å²) in [5.41, 5.74) is 8.40. The highest BCUT2D eigenvalue weighted by Gasteiger charge is 2.03. The van der Waals surface area contributed by atoms with Crippen LogP contribution in [0.25, 0.3) is 10.9 Å². The summed E-state index contributed by atoms with van der Waals surface area (Å²) in [6, 6.07) is 7.83. The van der Waals surface area contributed by atoms with Gasteiger partial charge in [-0.25, -0.2) is 0 Å². The Labute approximate surface area is 75.8 Å². The maximum atomic E-state index is 8.57. The highest BCUT2D eigenvalue weighted by Crippen LogP contribution is 2.23. The Morgan fingerprint density at radius 2 is 2.31 bits per heavy atom. The first-order valence-electron chi connectivity index (χ1n) is 4.04. The fourth-order valence-corrected chi connectivity index (χ4v) is 1.47. The first-order chi connectivity index (χ1) is 6.33. The van der Waals surface area contributed by atoms with Crippen LogP contribution in [0.15, 0.2) is 24.4 Å². The molecule has 0 fully saturated rings. The van der Waals surface area contributed by atoms with Crippen molar-refractivity contribution in [2.75, 3.05) is 5.73 Å². The van der Waals surface area contributed by atoms with Crippen LogP contribution in [0.4, 0.5) is 5.69 Å². The van der Waals surface area contributed by atoms with Crippen LogP contribution in [0.3, 0.4) is 0 Å². The molecular formula is C10H9N3. The number of aromatic amines is 1. The molecule has 3 heteroatoms. The van der Waals surface area contributed by atoms with E-state index in [9.17, 15) is 0 Å². The largest absolute Gasteiger partial charge is 0.397 e. The Hall–Kier alpha value is -1.95. The molecule has 64 valence electrons. The number of hydrogen-bond donors (Lipinski definition) is 2. The zero-order chi connectivity index (χ0) is 9.26. The fourth-order valence-electron chi connectivity index (χ4n) is 1.47. The Bertz CT molecular complexity index is 476. The van der Waals surface area contributed by atoms with Crippen molar-refractivity contribution >= 4 is 16.6 Å². The third kappa shape index (κ3) is 1.13. The van der Waals surface area contributed by atoms with Crippen LogP contribution in [0, 0.1) is 11.3 Å². The highest BCUT2D eigenvalue weighted by atomic mass is 14.7. The summed E-state index contributed by atoms with van der Waals surface area (Å²) in [6.45, 7) is 0. The minimum atomic E-state index is 0.420. The van der Waals surface area contributed by atoms with Gasteiger partial charge >= 0.3 is 0 Å². The second kappa shape index (κ2) is 2.83. The number of aromatic nitrogens is 1. The van der Waals surface area contributed by atoms with Gasteiger partial charge in [-0.2, -0.15) is 5.26 Å². The van der Waals surface area contributed by atoms with Crippen LogP contribution in [0.2, 0.25) is 0 Å². The summed E-state index contributed by atoms with van der Waals surface area (Å²) in [7, 11) is 0. The van der Waals surface area contributed by atoms with Gasteiger partial charge in [-0.1, -0.05) is 12.1 Å². The molecule has 2 rings (SSSR count). The number of nitrogens with two attached hydrogens (primary N) is 1. The van der Waals surface area contributed by atoms with E-state index < -0.39 is 0 Å². The SMILES string of the molecule is N#CCc1c[nH]c2c(N)cccc12. The molecule has 1 heterocycles. The van der Waals surface area contributed by atoms with E-state index in [1.54, 1.807) is 0 Å². The summed E-state index contributed by atoms with van der Waals surface area (Å²) < 4.78 is 0. The minimum absolute atomic E-state index is 0.420. The maximum absolute atomic E-state index is 8.57.